The highest BCUT2D eigenvalue weighted by Crippen LogP contribution is 2.21. The molecule has 0 aliphatic rings. The molecule has 0 rings (SSSR count). The smallest absolute Gasteiger partial charge is 0.0443 e. The SMILES string of the molecule is CCCCCCCCCCCC(C)CCCCCCCC(C)CCCCCCCCCC. The van der Waals surface area contributed by atoms with Crippen LogP contribution in [0.2, 0.25) is 0 Å². The molecule has 0 aromatic carbocycles. The Bertz CT molecular complexity index is 320. The second kappa shape index (κ2) is 27.2. The van der Waals surface area contributed by atoms with Gasteiger partial charge in [0.25, 0.3) is 0 Å². The van der Waals surface area contributed by atoms with Crippen LogP contribution in [0.25, 0.3) is 0 Å². The Labute approximate surface area is 206 Å². The minimum absolute atomic E-state index is 0.964. The molecule has 194 valence electrons. The molecular weight excluding hydrogens is 384 g/mol. The van der Waals surface area contributed by atoms with Gasteiger partial charge in [0.1, 0.15) is 0 Å². The Morgan fingerprint density at radius 1 is 0.281 bits per heavy atom. The normalized spacial score (nSPS) is 13.5. The van der Waals surface area contributed by atoms with Gasteiger partial charge in [0.2, 0.25) is 0 Å². The van der Waals surface area contributed by atoms with Gasteiger partial charge >= 0.3 is 0 Å². The van der Waals surface area contributed by atoms with Crippen molar-refractivity contribution in [3.05, 3.63) is 0 Å². The molecule has 0 N–H and O–H groups in total. The van der Waals surface area contributed by atoms with Gasteiger partial charge in [-0.1, -0.05) is 195 Å². The van der Waals surface area contributed by atoms with Crippen molar-refractivity contribution in [2.24, 2.45) is 11.8 Å². The molecule has 32 heavy (non-hydrogen) atoms. The second-order valence-corrected chi connectivity index (χ2v) is 11.4. The van der Waals surface area contributed by atoms with Crippen LogP contribution in [0, 0.1) is 11.8 Å². The van der Waals surface area contributed by atoms with Gasteiger partial charge in [-0.05, 0) is 11.8 Å². The van der Waals surface area contributed by atoms with Crippen LogP contribution in [0.15, 0.2) is 0 Å². The maximum absolute atomic E-state index is 2.50. The van der Waals surface area contributed by atoms with E-state index in [1.54, 1.807) is 0 Å². The average Bonchev–Trinajstić information content (AvgIpc) is 2.79. The van der Waals surface area contributed by atoms with Crippen LogP contribution in [0.5, 0.6) is 0 Å². The summed E-state index contributed by atoms with van der Waals surface area (Å²) in [6.45, 7) is 9.61. The molecule has 0 aliphatic carbocycles. The first kappa shape index (κ1) is 32.0. The fraction of sp³-hybridized carbons (Fsp3) is 1.00. The van der Waals surface area contributed by atoms with E-state index >= 15 is 0 Å². The summed E-state index contributed by atoms with van der Waals surface area (Å²) in [4.78, 5) is 0. The number of hydrogen-bond acceptors (Lipinski definition) is 0. The van der Waals surface area contributed by atoms with E-state index in [1.807, 2.05) is 0 Å². The van der Waals surface area contributed by atoms with Crippen molar-refractivity contribution in [2.45, 2.75) is 195 Å². The fourth-order valence-electron chi connectivity index (χ4n) is 5.23. The quantitative estimate of drug-likeness (QED) is 0.109. The number of hydrogen-bond donors (Lipinski definition) is 0. The fourth-order valence-corrected chi connectivity index (χ4v) is 5.23. The molecule has 0 radical (unpaired) electrons. The van der Waals surface area contributed by atoms with E-state index in [2.05, 4.69) is 27.7 Å². The van der Waals surface area contributed by atoms with Gasteiger partial charge in [-0.3, -0.25) is 0 Å². The molecule has 0 aromatic heterocycles. The molecule has 0 fully saturated rings. The summed E-state index contributed by atoms with van der Waals surface area (Å²) >= 11 is 0. The number of rotatable bonds is 27. The molecule has 0 aromatic rings. The monoisotopic (exact) mass is 451 g/mol. The summed E-state index contributed by atoms with van der Waals surface area (Å²) in [6, 6.07) is 0. The van der Waals surface area contributed by atoms with Crippen LogP contribution in [0.4, 0.5) is 0 Å². The first-order valence-electron chi connectivity index (χ1n) is 15.7. The summed E-state index contributed by atoms with van der Waals surface area (Å²) in [5.41, 5.74) is 0. The first-order chi connectivity index (χ1) is 15.7. The lowest BCUT2D eigenvalue weighted by Crippen LogP contribution is -1.96. The molecular formula is C32H66. The van der Waals surface area contributed by atoms with E-state index in [0.717, 1.165) is 11.8 Å². The molecule has 0 aliphatic heterocycles. The molecule has 0 amide bonds. The molecule has 0 nitrogen and oxygen atoms in total. The topological polar surface area (TPSA) is 0 Å². The van der Waals surface area contributed by atoms with E-state index in [-0.39, 0.29) is 0 Å². The maximum Gasteiger partial charge on any atom is -0.0443 e. The highest BCUT2D eigenvalue weighted by molar-refractivity contribution is 4.58. The van der Waals surface area contributed by atoms with E-state index in [0.29, 0.717) is 0 Å². The van der Waals surface area contributed by atoms with Crippen LogP contribution in [0.1, 0.15) is 195 Å². The third-order valence-corrected chi connectivity index (χ3v) is 7.74. The Morgan fingerprint density at radius 2 is 0.469 bits per heavy atom. The minimum Gasteiger partial charge on any atom is -0.0654 e. The zero-order valence-corrected chi connectivity index (χ0v) is 23.5. The third kappa shape index (κ3) is 26.3. The van der Waals surface area contributed by atoms with Crippen molar-refractivity contribution in [3.63, 3.8) is 0 Å². The predicted octanol–water partition coefficient (Wildman–Crippen LogP) is 12.4. The molecule has 2 unspecified atom stereocenters. The van der Waals surface area contributed by atoms with Crippen LogP contribution in [-0.2, 0) is 0 Å². The molecule has 2 atom stereocenters. The van der Waals surface area contributed by atoms with Crippen LogP contribution < -0.4 is 0 Å². The molecule has 0 saturated carbocycles. The van der Waals surface area contributed by atoms with Crippen molar-refractivity contribution >= 4 is 0 Å². The third-order valence-electron chi connectivity index (χ3n) is 7.74. The zero-order chi connectivity index (χ0) is 23.5. The maximum atomic E-state index is 2.50. The van der Waals surface area contributed by atoms with Gasteiger partial charge in [0, 0.05) is 0 Å². The predicted molar refractivity (Wildman–Crippen MR) is 150 cm³/mol. The van der Waals surface area contributed by atoms with Crippen LogP contribution in [0.3, 0.4) is 0 Å². The summed E-state index contributed by atoms with van der Waals surface area (Å²) in [6.07, 6.45) is 38.1. The Balaban J connectivity index is 3.24. The summed E-state index contributed by atoms with van der Waals surface area (Å²) in [5, 5.41) is 0. The zero-order valence-electron chi connectivity index (χ0n) is 23.5. The molecule has 0 heterocycles. The minimum atomic E-state index is 0.964. The summed E-state index contributed by atoms with van der Waals surface area (Å²) in [7, 11) is 0. The van der Waals surface area contributed by atoms with Gasteiger partial charge in [0.05, 0.1) is 0 Å². The van der Waals surface area contributed by atoms with Gasteiger partial charge in [-0.25, -0.2) is 0 Å². The van der Waals surface area contributed by atoms with Crippen molar-refractivity contribution in [2.75, 3.05) is 0 Å². The van der Waals surface area contributed by atoms with Gasteiger partial charge in [0.15, 0.2) is 0 Å². The summed E-state index contributed by atoms with van der Waals surface area (Å²) < 4.78 is 0. The van der Waals surface area contributed by atoms with Gasteiger partial charge in [-0.2, -0.15) is 0 Å². The standard InChI is InChI=1S/C32H66/c1-5-7-9-11-13-15-17-20-24-28-32(4)30-26-22-18-21-25-29-31(3)27-23-19-16-14-12-10-8-6-2/h31-32H,5-30H2,1-4H3. The van der Waals surface area contributed by atoms with Gasteiger partial charge < -0.3 is 0 Å². The molecule has 0 spiro atoms. The molecule has 0 heteroatoms. The van der Waals surface area contributed by atoms with Crippen molar-refractivity contribution in [1.29, 1.82) is 0 Å². The van der Waals surface area contributed by atoms with E-state index in [1.165, 1.54) is 167 Å². The first-order valence-corrected chi connectivity index (χ1v) is 15.7. The highest BCUT2D eigenvalue weighted by Gasteiger charge is 2.04. The largest absolute Gasteiger partial charge is 0.0654 e. The molecule has 0 saturated heterocycles. The Morgan fingerprint density at radius 3 is 0.688 bits per heavy atom. The Hall–Kier alpha value is 0. The van der Waals surface area contributed by atoms with Crippen LogP contribution >= 0.6 is 0 Å². The van der Waals surface area contributed by atoms with Crippen molar-refractivity contribution in [3.8, 4) is 0 Å². The lowest BCUT2D eigenvalue weighted by molar-refractivity contribution is 0.416. The van der Waals surface area contributed by atoms with Crippen LogP contribution in [-0.4, -0.2) is 0 Å². The van der Waals surface area contributed by atoms with E-state index in [4.69, 9.17) is 0 Å². The van der Waals surface area contributed by atoms with E-state index < -0.39 is 0 Å². The lowest BCUT2D eigenvalue weighted by atomic mass is 9.94. The molecule has 0 bridgehead atoms. The van der Waals surface area contributed by atoms with Crippen molar-refractivity contribution < 1.29 is 0 Å². The van der Waals surface area contributed by atoms with Crippen molar-refractivity contribution in [1.82, 2.24) is 0 Å². The highest BCUT2D eigenvalue weighted by atomic mass is 14.1. The van der Waals surface area contributed by atoms with Gasteiger partial charge in [-0.15, -0.1) is 0 Å². The number of unbranched alkanes of at least 4 members (excludes halogenated alkanes) is 19. The Kier molecular flexibility index (Phi) is 27.2. The van der Waals surface area contributed by atoms with E-state index in [9.17, 15) is 0 Å². The second-order valence-electron chi connectivity index (χ2n) is 11.4. The summed E-state index contributed by atoms with van der Waals surface area (Å²) in [5.74, 6) is 1.93. The lowest BCUT2D eigenvalue weighted by Gasteiger charge is -2.12. The average molecular weight is 451 g/mol.